The number of aliphatic hydroxyl groups excluding tert-OH is 1. The first-order chi connectivity index (χ1) is 9.66. The average Bonchev–Trinajstić information content (AvgIpc) is 2.35. The van der Waals surface area contributed by atoms with Crippen LogP contribution in [0.3, 0.4) is 0 Å². The molecular formula is C14H17F4NO2. The van der Waals surface area contributed by atoms with Gasteiger partial charge in [0.1, 0.15) is 5.82 Å². The zero-order chi connectivity index (χ0) is 16.2. The maximum atomic E-state index is 13.8. The lowest BCUT2D eigenvalue weighted by atomic mass is 10.0. The molecule has 0 saturated carbocycles. The molecule has 118 valence electrons. The summed E-state index contributed by atoms with van der Waals surface area (Å²) in [6.45, 7) is 3.35. The smallest absolute Gasteiger partial charge is 0.394 e. The van der Waals surface area contributed by atoms with Gasteiger partial charge in [0.25, 0.3) is 5.91 Å². The van der Waals surface area contributed by atoms with Crippen LogP contribution in [-0.2, 0) is 6.18 Å². The van der Waals surface area contributed by atoms with Crippen molar-refractivity contribution in [2.24, 2.45) is 5.92 Å². The number of hydrogen-bond acceptors (Lipinski definition) is 2. The summed E-state index contributed by atoms with van der Waals surface area (Å²) in [4.78, 5) is 11.9. The van der Waals surface area contributed by atoms with Crippen LogP contribution in [0.5, 0.6) is 0 Å². The molecule has 0 aliphatic rings. The minimum Gasteiger partial charge on any atom is -0.394 e. The molecule has 0 fully saturated rings. The predicted molar refractivity (Wildman–Crippen MR) is 69.2 cm³/mol. The number of carbonyl (C=O) groups is 1. The Morgan fingerprint density at radius 3 is 2.43 bits per heavy atom. The van der Waals surface area contributed by atoms with Gasteiger partial charge in [-0.15, -0.1) is 0 Å². The molecule has 1 aromatic carbocycles. The number of nitrogens with one attached hydrogen (secondary N) is 1. The highest BCUT2D eigenvalue weighted by atomic mass is 19.4. The van der Waals surface area contributed by atoms with E-state index in [2.05, 4.69) is 5.32 Å². The van der Waals surface area contributed by atoms with E-state index in [0.29, 0.717) is 12.5 Å². The van der Waals surface area contributed by atoms with E-state index in [-0.39, 0.29) is 12.5 Å². The molecule has 0 heterocycles. The molecule has 0 aromatic heterocycles. The third kappa shape index (κ3) is 4.70. The van der Waals surface area contributed by atoms with Gasteiger partial charge in [0.05, 0.1) is 23.8 Å². The number of rotatable bonds is 5. The molecule has 2 N–H and O–H groups in total. The second kappa shape index (κ2) is 6.89. The maximum absolute atomic E-state index is 13.8. The van der Waals surface area contributed by atoms with Gasteiger partial charge >= 0.3 is 6.18 Å². The number of hydrogen-bond donors (Lipinski definition) is 2. The highest BCUT2D eigenvalue weighted by Crippen LogP contribution is 2.32. The predicted octanol–water partition coefficient (Wildman–Crippen LogP) is 2.98. The summed E-state index contributed by atoms with van der Waals surface area (Å²) in [5.41, 5.74) is -2.17. The van der Waals surface area contributed by atoms with Crippen LogP contribution in [0.25, 0.3) is 0 Å². The van der Waals surface area contributed by atoms with Crippen LogP contribution in [0.1, 0.15) is 36.2 Å². The van der Waals surface area contributed by atoms with Crippen molar-refractivity contribution < 1.29 is 27.5 Å². The van der Waals surface area contributed by atoms with Gasteiger partial charge in [-0.2, -0.15) is 13.2 Å². The topological polar surface area (TPSA) is 49.3 Å². The molecule has 0 spiro atoms. The van der Waals surface area contributed by atoms with Crippen LogP contribution in [0, 0.1) is 11.7 Å². The van der Waals surface area contributed by atoms with E-state index in [1.165, 1.54) is 0 Å². The second-order valence-electron chi connectivity index (χ2n) is 5.15. The molecule has 1 atom stereocenters. The number of amides is 1. The molecule has 21 heavy (non-hydrogen) atoms. The number of carbonyl (C=O) groups excluding carboxylic acids is 1. The lowest BCUT2D eigenvalue weighted by Crippen LogP contribution is -2.39. The number of aliphatic hydroxyl groups is 1. The Hall–Kier alpha value is -1.63. The molecular weight excluding hydrogens is 290 g/mol. The molecule has 0 aliphatic heterocycles. The molecule has 0 bridgehead atoms. The Balaban J connectivity index is 2.98. The SMILES string of the molecule is CC(C)CC(CO)NC(=O)c1cccc(C(F)(F)F)c1F. The minimum absolute atomic E-state index is 0.161. The van der Waals surface area contributed by atoms with Gasteiger partial charge in [0.15, 0.2) is 0 Å². The van der Waals surface area contributed by atoms with Crippen LogP contribution in [0.2, 0.25) is 0 Å². The van der Waals surface area contributed by atoms with E-state index in [9.17, 15) is 22.4 Å². The third-order valence-corrected chi connectivity index (χ3v) is 2.86. The van der Waals surface area contributed by atoms with Gasteiger partial charge in [-0.1, -0.05) is 19.9 Å². The molecule has 0 saturated heterocycles. The Bertz CT molecular complexity index is 500. The maximum Gasteiger partial charge on any atom is 0.419 e. The first-order valence-electron chi connectivity index (χ1n) is 6.44. The van der Waals surface area contributed by atoms with Gasteiger partial charge in [-0.25, -0.2) is 4.39 Å². The van der Waals surface area contributed by atoms with Crippen molar-refractivity contribution in [3.63, 3.8) is 0 Å². The Morgan fingerprint density at radius 1 is 1.33 bits per heavy atom. The van der Waals surface area contributed by atoms with Gasteiger partial charge in [-0.3, -0.25) is 4.79 Å². The number of alkyl halides is 3. The zero-order valence-corrected chi connectivity index (χ0v) is 11.7. The van der Waals surface area contributed by atoms with Crippen LogP contribution < -0.4 is 5.32 Å². The number of halogens is 4. The molecule has 1 aromatic rings. The van der Waals surface area contributed by atoms with Crippen LogP contribution in [-0.4, -0.2) is 23.7 Å². The van der Waals surface area contributed by atoms with Crippen molar-refractivity contribution in [2.45, 2.75) is 32.5 Å². The standard InChI is InChI=1S/C14H17F4NO2/c1-8(2)6-9(7-20)19-13(21)10-4-3-5-11(12(10)15)14(16,17)18/h3-5,8-9,20H,6-7H2,1-2H3,(H,19,21). The summed E-state index contributed by atoms with van der Waals surface area (Å²) in [5.74, 6) is -2.42. The summed E-state index contributed by atoms with van der Waals surface area (Å²) in [6.07, 6.45) is -4.43. The third-order valence-electron chi connectivity index (χ3n) is 2.86. The van der Waals surface area contributed by atoms with Crippen LogP contribution in [0.4, 0.5) is 17.6 Å². The van der Waals surface area contributed by atoms with Crippen molar-refractivity contribution in [1.29, 1.82) is 0 Å². The van der Waals surface area contributed by atoms with E-state index in [0.717, 1.165) is 12.1 Å². The van der Waals surface area contributed by atoms with Crippen molar-refractivity contribution >= 4 is 5.91 Å². The molecule has 7 heteroatoms. The monoisotopic (exact) mass is 307 g/mol. The highest BCUT2D eigenvalue weighted by molar-refractivity contribution is 5.94. The molecule has 1 amide bonds. The fourth-order valence-electron chi connectivity index (χ4n) is 1.94. The van der Waals surface area contributed by atoms with E-state index >= 15 is 0 Å². The van der Waals surface area contributed by atoms with E-state index < -0.39 is 35.1 Å². The Morgan fingerprint density at radius 2 is 1.95 bits per heavy atom. The lowest BCUT2D eigenvalue weighted by molar-refractivity contribution is -0.140. The Kier molecular flexibility index (Phi) is 5.71. The van der Waals surface area contributed by atoms with Gasteiger partial charge in [0, 0.05) is 0 Å². The first kappa shape index (κ1) is 17.4. The largest absolute Gasteiger partial charge is 0.419 e. The average molecular weight is 307 g/mol. The van der Waals surface area contributed by atoms with Gasteiger partial charge in [0.2, 0.25) is 0 Å². The van der Waals surface area contributed by atoms with Gasteiger partial charge in [-0.05, 0) is 24.5 Å². The molecule has 0 aliphatic carbocycles. The number of benzene rings is 1. The second-order valence-corrected chi connectivity index (χ2v) is 5.15. The molecule has 1 rings (SSSR count). The van der Waals surface area contributed by atoms with Crippen LogP contribution in [0.15, 0.2) is 18.2 Å². The lowest BCUT2D eigenvalue weighted by Gasteiger charge is -2.19. The summed E-state index contributed by atoms with van der Waals surface area (Å²) >= 11 is 0. The first-order valence-corrected chi connectivity index (χ1v) is 6.44. The van der Waals surface area contributed by atoms with Crippen molar-refractivity contribution in [3.05, 3.63) is 35.1 Å². The van der Waals surface area contributed by atoms with Gasteiger partial charge < -0.3 is 10.4 Å². The Labute approximate surface area is 120 Å². The van der Waals surface area contributed by atoms with E-state index in [1.807, 2.05) is 13.8 Å². The van der Waals surface area contributed by atoms with Crippen molar-refractivity contribution in [3.8, 4) is 0 Å². The highest BCUT2D eigenvalue weighted by Gasteiger charge is 2.35. The zero-order valence-electron chi connectivity index (χ0n) is 11.7. The van der Waals surface area contributed by atoms with Crippen molar-refractivity contribution in [1.82, 2.24) is 5.32 Å². The fourth-order valence-corrected chi connectivity index (χ4v) is 1.94. The molecule has 1 unspecified atom stereocenters. The summed E-state index contributed by atoms with van der Waals surface area (Å²) in [6, 6.07) is 1.89. The normalized spacial score (nSPS) is 13.3. The quantitative estimate of drug-likeness (QED) is 0.822. The molecule has 0 radical (unpaired) electrons. The fraction of sp³-hybridized carbons (Fsp3) is 0.500. The minimum atomic E-state index is -4.87. The summed E-state index contributed by atoms with van der Waals surface area (Å²) in [5, 5.41) is 11.5. The van der Waals surface area contributed by atoms with Crippen molar-refractivity contribution in [2.75, 3.05) is 6.61 Å². The summed E-state index contributed by atoms with van der Waals surface area (Å²) < 4.78 is 51.5. The molecule has 3 nitrogen and oxygen atoms in total. The summed E-state index contributed by atoms with van der Waals surface area (Å²) in [7, 11) is 0. The van der Waals surface area contributed by atoms with Crippen LogP contribution >= 0.6 is 0 Å². The van der Waals surface area contributed by atoms with E-state index in [4.69, 9.17) is 5.11 Å². The van der Waals surface area contributed by atoms with E-state index in [1.54, 1.807) is 0 Å².